The van der Waals surface area contributed by atoms with Gasteiger partial charge < -0.3 is 9.29 Å². The van der Waals surface area contributed by atoms with Crippen molar-refractivity contribution in [2.24, 2.45) is 4.40 Å². The highest BCUT2D eigenvalue weighted by Crippen LogP contribution is 2.39. The van der Waals surface area contributed by atoms with Gasteiger partial charge in [0.15, 0.2) is 0 Å². The van der Waals surface area contributed by atoms with Crippen molar-refractivity contribution in [3.8, 4) is 0 Å². The quantitative estimate of drug-likeness (QED) is 0.287. The monoisotopic (exact) mass is 502 g/mol. The molecule has 1 atom stereocenters. The lowest BCUT2D eigenvalue weighted by molar-refractivity contribution is 0.0521. The van der Waals surface area contributed by atoms with Crippen LogP contribution in [0.4, 0.5) is 0 Å². The Labute approximate surface area is 185 Å². The highest BCUT2D eigenvalue weighted by atomic mass is 79.9. The molecule has 0 spiro atoms. The third-order valence-electron chi connectivity index (χ3n) is 3.36. The van der Waals surface area contributed by atoms with Gasteiger partial charge in [0, 0.05) is 21.1 Å². The van der Waals surface area contributed by atoms with Crippen molar-refractivity contribution in [1.82, 2.24) is 4.98 Å². The maximum Gasteiger partial charge on any atom is 0.340 e. The maximum atomic E-state index is 12.3. The molecule has 1 heterocycles. The minimum atomic E-state index is -1.42. The van der Waals surface area contributed by atoms with Gasteiger partial charge in [-0.05, 0) is 52.0 Å². The number of pyridine rings is 1. The molecule has 150 valence electrons. The van der Waals surface area contributed by atoms with Gasteiger partial charge in [0.05, 0.1) is 23.4 Å². The number of hydrogen-bond donors (Lipinski definition) is 0. The Bertz CT molecular complexity index is 888. The van der Waals surface area contributed by atoms with Gasteiger partial charge in [-0.15, -0.1) is 0 Å². The molecule has 0 fully saturated rings. The van der Waals surface area contributed by atoms with E-state index in [1.54, 1.807) is 37.4 Å². The summed E-state index contributed by atoms with van der Waals surface area (Å²) in [6.45, 7) is 7.57. The highest BCUT2D eigenvalue weighted by molar-refractivity contribution is 9.10. The van der Waals surface area contributed by atoms with Crippen molar-refractivity contribution >= 4 is 62.8 Å². The molecule has 2 rings (SSSR count). The fourth-order valence-electron chi connectivity index (χ4n) is 1.96. The third kappa shape index (κ3) is 5.97. The van der Waals surface area contributed by atoms with Crippen molar-refractivity contribution in [3.05, 3.63) is 51.1 Å². The zero-order valence-corrected chi connectivity index (χ0v) is 19.8. The number of hydrogen-bond acceptors (Lipinski definition) is 6. The van der Waals surface area contributed by atoms with Gasteiger partial charge >= 0.3 is 5.97 Å². The lowest BCUT2D eigenvalue weighted by Gasteiger charge is -2.18. The summed E-state index contributed by atoms with van der Waals surface area (Å²) < 4.78 is 21.9. The highest BCUT2D eigenvalue weighted by Gasteiger charge is 2.26. The minimum absolute atomic E-state index is 0.270. The van der Waals surface area contributed by atoms with Gasteiger partial charge in [-0.1, -0.05) is 43.7 Å². The number of carbonyl (C=O) groups is 1. The van der Waals surface area contributed by atoms with Gasteiger partial charge in [0.25, 0.3) is 0 Å². The molecular weight excluding hydrogens is 484 g/mol. The van der Waals surface area contributed by atoms with E-state index in [1.807, 2.05) is 20.8 Å². The van der Waals surface area contributed by atoms with Crippen LogP contribution >= 0.6 is 39.3 Å². The van der Waals surface area contributed by atoms with Gasteiger partial charge in [-0.25, -0.2) is 9.78 Å². The molecule has 0 aliphatic rings. The number of esters is 1. The van der Waals surface area contributed by atoms with Crippen LogP contribution in [0.25, 0.3) is 0 Å². The standard InChI is InChI=1S/C19H20BrClN2O3S2/c1-5-26-18(24)12-7-6-10-22-17(12)27-16-13(14(20)8-9-15(16)21)11-23-28(25)19(2,3)4/h6-11H,5H2,1-4H3/b23-11+. The van der Waals surface area contributed by atoms with Crippen LogP contribution in [0.2, 0.25) is 5.02 Å². The second-order valence-electron chi connectivity index (χ2n) is 6.55. The predicted molar refractivity (Wildman–Crippen MR) is 119 cm³/mol. The van der Waals surface area contributed by atoms with Crippen molar-refractivity contribution < 1.29 is 14.1 Å². The zero-order valence-electron chi connectivity index (χ0n) is 15.9. The van der Waals surface area contributed by atoms with Gasteiger partial charge in [-0.2, -0.15) is 0 Å². The Balaban J connectivity index is 2.47. The van der Waals surface area contributed by atoms with Crippen LogP contribution in [-0.4, -0.2) is 33.1 Å². The molecule has 0 N–H and O–H groups in total. The van der Waals surface area contributed by atoms with Crippen LogP contribution in [0.3, 0.4) is 0 Å². The Morgan fingerprint density at radius 2 is 2.14 bits per heavy atom. The van der Waals surface area contributed by atoms with Crippen LogP contribution in [0, 0.1) is 0 Å². The average molecular weight is 504 g/mol. The number of carbonyl (C=O) groups excluding carboxylic acids is 1. The second-order valence-corrected chi connectivity index (χ2v) is 10.7. The summed E-state index contributed by atoms with van der Waals surface area (Å²) in [6, 6.07) is 6.85. The summed E-state index contributed by atoms with van der Waals surface area (Å²) in [7, 11) is 0. The number of nitrogens with zero attached hydrogens (tertiary/aromatic N) is 2. The van der Waals surface area contributed by atoms with E-state index in [9.17, 15) is 9.35 Å². The molecule has 0 aliphatic carbocycles. The maximum absolute atomic E-state index is 12.3. The molecule has 0 amide bonds. The first-order valence-electron chi connectivity index (χ1n) is 8.39. The lowest BCUT2D eigenvalue weighted by atomic mass is 10.2. The number of aromatic nitrogens is 1. The van der Waals surface area contributed by atoms with Crippen molar-refractivity contribution in [2.45, 2.75) is 42.4 Å². The van der Waals surface area contributed by atoms with E-state index in [4.69, 9.17) is 16.3 Å². The van der Waals surface area contributed by atoms with E-state index in [2.05, 4.69) is 25.3 Å². The van der Waals surface area contributed by atoms with Gasteiger partial charge in [0.2, 0.25) is 0 Å². The van der Waals surface area contributed by atoms with E-state index < -0.39 is 22.1 Å². The summed E-state index contributed by atoms with van der Waals surface area (Å²) in [4.78, 5) is 17.2. The first kappa shape index (κ1) is 23.2. The van der Waals surface area contributed by atoms with Crippen LogP contribution < -0.4 is 0 Å². The van der Waals surface area contributed by atoms with Crippen LogP contribution in [0.15, 0.2) is 49.3 Å². The second kappa shape index (κ2) is 10.1. The fraction of sp³-hybridized carbons (Fsp3) is 0.316. The molecule has 9 heteroatoms. The summed E-state index contributed by atoms with van der Waals surface area (Å²) in [5, 5.41) is 0.934. The van der Waals surface area contributed by atoms with E-state index >= 15 is 0 Å². The Kier molecular flexibility index (Phi) is 8.39. The molecule has 1 unspecified atom stereocenters. The SMILES string of the molecule is CCOC(=O)c1cccnc1Sc1c(Cl)ccc(Br)c1/C=N/[S+]([O-])C(C)(C)C. The summed E-state index contributed by atoms with van der Waals surface area (Å²) in [5.41, 5.74) is 1.02. The van der Waals surface area contributed by atoms with Gasteiger partial charge in [0.1, 0.15) is 21.1 Å². The normalized spacial score (nSPS) is 13.0. The third-order valence-corrected chi connectivity index (χ3v) is 6.99. The lowest BCUT2D eigenvalue weighted by Crippen LogP contribution is -2.25. The molecule has 1 aromatic heterocycles. The molecule has 0 radical (unpaired) electrons. The Morgan fingerprint density at radius 3 is 2.79 bits per heavy atom. The average Bonchev–Trinajstić information content (AvgIpc) is 2.63. The zero-order chi connectivity index (χ0) is 20.9. The molecular formula is C19H20BrClN2O3S2. The Morgan fingerprint density at radius 1 is 1.43 bits per heavy atom. The largest absolute Gasteiger partial charge is 0.591 e. The van der Waals surface area contributed by atoms with Crippen LogP contribution in [0.5, 0.6) is 0 Å². The van der Waals surface area contributed by atoms with E-state index in [0.29, 0.717) is 26.1 Å². The molecule has 28 heavy (non-hydrogen) atoms. The molecule has 0 saturated carbocycles. The molecule has 5 nitrogen and oxygen atoms in total. The van der Waals surface area contributed by atoms with Crippen LogP contribution in [-0.2, 0) is 16.1 Å². The van der Waals surface area contributed by atoms with Gasteiger partial charge in [-0.3, -0.25) is 0 Å². The number of ether oxygens (including phenoxy) is 1. The predicted octanol–water partition coefficient (Wildman–Crippen LogP) is 5.71. The summed E-state index contributed by atoms with van der Waals surface area (Å²) >= 11 is 9.74. The van der Waals surface area contributed by atoms with Crippen molar-refractivity contribution in [2.75, 3.05) is 6.61 Å². The molecule has 1 aromatic carbocycles. The molecule has 2 aromatic rings. The number of benzene rings is 1. The first-order valence-corrected chi connectivity index (χ1v) is 11.5. The smallest absolute Gasteiger partial charge is 0.340 e. The molecule has 0 aliphatic heterocycles. The molecule has 0 bridgehead atoms. The van der Waals surface area contributed by atoms with Crippen molar-refractivity contribution in [1.29, 1.82) is 0 Å². The van der Waals surface area contributed by atoms with E-state index in [-0.39, 0.29) is 6.61 Å². The fourth-order valence-corrected chi connectivity index (χ4v) is 4.33. The first-order chi connectivity index (χ1) is 13.1. The topological polar surface area (TPSA) is 74.6 Å². The molecule has 0 saturated heterocycles. The van der Waals surface area contributed by atoms with E-state index in [1.165, 1.54) is 18.0 Å². The Hall–Kier alpha value is -1.06. The number of halogens is 2. The van der Waals surface area contributed by atoms with Crippen LogP contribution in [0.1, 0.15) is 43.6 Å². The summed E-state index contributed by atoms with van der Waals surface area (Å²) in [5.74, 6) is -0.451. The minimum Gasteiger partial charge on any atom is -0.591 e. The summed E-state index contributed by atoms with van der Waals surface area (Å²) in [6.07, 6.45) is 3.13. The number of rotatable bonds is 6. The van der Waals surface area contributed by atoms with E-state index in [0.717, 1.165) is 4.47 Å². The van der Waals surface area contributed by atoms with Crippen molar-refractivity contribution in [3.63, 3.8) is 0 Å².